The number of piperazine rings is 1. The smallest absolute Gasteiger partial charge is 0.243 e. The van der Waals surface area contributed by atoms with Crippen LogP contribution in [0, 0.1) is 0 Å². The molecular weight excluding hydrogens is 264 g/mol. The van der Waals surface area contributed by atoms with Crippen LogP contribution >= 0.6 is 0 Å². The summed E-state index contributed by atoms with van der Waals surface area (Å²) in [6.07, 6.45) is 2.11. The zero-order chi connectivity index (χ0) is 13.5. The molecule has 1 heterocycles. The summed E-state index contributed by atoms with van der Waals surface area (Å²) in [5.41, 5.74) is 0. The quantitative estimate of drug-likeness (QED) is 0.818. The van der Waals surface area contributed by atoms with E-state index >= 15 is 0 Å². The number of hydrogen-bond donors (Lipinski definition) is 0. The number of carbonyl (C=O) groups excluding carboxylic acids is 1. The van der Waals surface area contributed by atoms with Crippen LogP contribution in [0.5, 0.6) is 0 Å². The summed E-state index contributed by atoms with van der Waals surface area (Å²) in [4.78, 5) is 14.1. The molecule has 6 heteroatoms. The fraction of sp³-hybridized carbons (Fsp3) is 0.462. The van der Waals surface area contributed by atoms with Gasteiger partial charge in [0.25, 0.3) is 0 Å². The second kappa shape index (κ2) is 4.61. The van der Waals surface area contributed by atoms with E-state index in [-0.39, 0.29) is 17.3 Å². The van der Waals surface area contributed by atoms with Crippen LogP contribution in [-0.2, 0) is 14.8 Å². The Hall–Kier alpha value is -1.40. The van der Waals surface area contributed by atoms with Gasteiger partial charge in [-0.2, -0.15) is 4.31 Å². The Bertz CT molecular complexity index is 581. The number of amides is 1. The van der Waals surface area contributed by atoms with E-state index in [0.29, 0.717) is 19.1 Å². The Morgan fingerprint density at radius 3 is 2.32 bits per heavy atom. The summed E-state index contributed by atoms with van der Waals surface area (Å²) >= 11 is 0. The van der Waals surface area contributed by atoms with Gasteiger partial charge in [0, 0.05) is 19.1 Å². The molecule has 1 saturated heterocycles. The summed E-state index contributed by atoms with van der Waals surface area (Å²) in [5, 5.41) is 0. The minimum absolute atomic E-state index is 0.0340. The molecular formula is C13H16N2O3S. The maximum Gasteiger partial charge on any atom is 0.243 e. The monoisotopic (exact) mass is 280 g/mol. The summed E-state index contributed by atoms with van der Waals surface area (Å²) < 4.78 is 26.0. The molecule has 19 heavy (non-hydrogen) atoms. The summed E-state index contributed by atoms with van der Waals surface area (Å²) in [5.74, 6) is -0.0757. The van der Waals surface area contributed by atoms with Crippen LogP contribution in [-0.4, -0.2) is 49.2 Å². The van der Waals surface area contributed by atoms with Crippen molar-refractivity contribution in [1.82, 2.24) is 9.21 Å². The molecule has 0 atom stereocenters. The highest BCUT2D eigenvalue weighted by atomic mass is 32.2. The molecule has 1 aliphatic heterocycles. The molecule has 2 fully saturated rings. The Balaban J connectivity index is 1.78. The van der Waals surface area contributed by atoms with Crippen molar-refractivity contribution in [2.75, 3.05) is 19.6 Å². The summed E-state index contributed by atoms with van der Waals surface area (Å²) in [6.45, 7) is 0.864. The van der Waals surface area contributed by atoms with Crippen LogP contribution in [0.15, 0.2) is 35.2 Å². The Morgan fingerprint density at radius 1 is 1.05 bits per heavy atom. The number of rotatable bonds is 3. The maximum absolute atomic E-state index is 12.4. The predicted molar refractivity (Wildman–Crippen MR) is 69.9 cm³/mol. The number of hydrogen-bond acceptors (Lipinski definition) is 3. The molecule has 0 bridgehead atoms. The van der Waals surface area contributed by atoms with E-state index in [9.17, 15) is 13.2 Å². The molecule has 2 aliphatic rings. The van der Waals surface area contributed by atoms with Crippen LogP contribution in [0.4, 0.5) is 0 Å². The van der Waals surface area contributed by atoms with Crippen LogP contribution in [0.3, 0.4) is 0 Å². The van der Waals surface area contributed by atoms with E-state index in [0.717, 1.165) is 12.8 Å². The number of benzene rings is 1. The molecule has 1 amide bonds. The van der Waals surface area contributed by atoms with Crippen molar-refractivity contribution in [1.29, 1.82) is 0 Å². The molecule has 0 aromatic heterocycles. The minimum Gasteiger partial charge on any atom is -0.337 e. The van der Waals surface area contributed by atoms with Crippen molar-refractivity contribution >= 4 is 15.9 Å². The lowest BCUT2D eigenvalue weighted by atomic mass is 10.3. The standard InChI is InChI=1S/C13H16N2O3S/c16-13-10-14(8-9-15(13)11-6-7-11)19(17,18)12-4-2-1-3-5-12/h1-5,11H,6-10H2. The van der Waals surface area contributed by atoms with E-state index < -0.39 is 10.0 Å². The van der Waals surface area contributed by atoms with Gasteiger partial charge in [-0.05, 0) is 25.0 Å². The third-order valence-electron chi connectivity index (χ3n) is 3.59. The molecule has 0 unspecified atom stereocenters. The van der Waals surface area contributed by atoms with Crippen molar-refractivity contribution < 1.29 is 13.2 Å². The molecule has 1 aromatic carbocycles. The van der Waals surface area contributed by atoms with Crippen LogP contribution in [0.2, 0.25) is 0 Å². The van der Waals surface area contributed by atoms with E-state index in [2.05, 4.69) is 0 Å². The largest absolute Gasteiger partial charge is 0.337 e. The lowest BCUT2D eigenvalue weighted by Crippen LogP contribution is -2.52. The SMILES string of the molecule is O=C1CN(S(=O)(=O)c2ccccc2)CCN1C1CC1. The Morgan fingerprint density at radius 2 is 1.74 bits per heavy atom. The highest BCUT2D eigenvalue weighted by Gasteiger charge is 2.39. The van der Waals surface area contributed by atoms with E-state index in [1.54, 1.807) is 30.3 Å². The van der Waals surface area contributed by atoms with Crippen molar-refractivity contribution in [3.8, 4) is 0 Å². The van der Waals surface area contributed by atoms with Crippen molar-refractivity contribution in [3.63, 3.8) is 0 Å². The van der Waals surface area contributed by atoms with Crippen molar-refractivity contribution in [2.45, 2.75) is 23.8 Å². The Labute approximate surface area is 112 Å². The molecule has 0 N–H and O–H groups in total. The molecule has 1 saturated carbocycles. The lowest BCUT2D eigenvalue weighted by molar-refractivity contribution is -0.134. The van der Waals surface area contributed by atoms with Crippen LogP contribution < -0.4 is 0 Å². The first-order valence-electron chi connectivity index (χ1n) is 6.44. The van der Waals surface area contributed by atoms with Gasteiger partial charge in [-0.3, -0.25) is 4.79 Å². The number of sulfonamides is 1. The summed E-state index contributed by atoms with van der Waals surface area (Å²) in [7, 11) is -3.54. The van der Waals surface area contributed by atoms with Gasteiger partial charge in [-0.1, -0.05) is 18.2 Å². The van der Waals surface area contributed by atoms with Crippen LogP contribution in [0.25, 0.3) is 0 Å². The first-order valence-corrected chi connectivity index (χ1v) is 7.88. The first-order chi connectivity index (χ1) is 9.09. The molecule has 102 valence electrons. The highest BCUT2D eigenvalue weighted by molar-refractivity contribution is 7.89. The fourth-order valence-electron chi connectivity index (χ4n) is 2.38. The van der Waals surface area contributed by atoms with E-state index in [1.807, 2.05) is 4.90 Å². The Kier molecular flexibility index (Phi) is 3.06. The second-order valence-electron chi connectivity index (χ2n) is 4.97. The molecule has 5 nitrogen and oxygen atoms in total. The maximum atomic E-state index is 12.4. The molecule has 1 aliphatic carbocycles. The van der Waals surface area contributed by atoms with Gasteiger partial charge < -0.3 is 4.90 Å². The van der Waals surface area contributed by atoms with Gasteiger partial charge >= 0.3 is 0 Å². The molecule has 1 aromatic rings. The van der Waals surface area contributed by atoms with E-state index in [4.69, 9.17) is 0 Å². The predicted octanol–water partition coefficient (Wildman–Crippen LogP) is 0.682. The highest BCUT2D eigenvalue weighted by Crippen LogP contribution is 2.29. The van der Waals surface area contributed by atoms with Crippen LogP contribution in [0.1, 0.15) is 12.8 Å². The third kappa shape index (κ3) is 2.37. The van der Waals surface area contributed by atoms with Gasteiger partial charge in [0.05, 0.1) is 11.4 Å². The minimum atomic E-state index is -3.54. The third-order valence-corrected chi connectivity index (χ3v) is 5.45. The zero-order valence-electron chi connectivity index (χ0n) is 10.5. The van der Waals surface area contributed by atoms with Crippen molar-refractivity contribution in [2.24, 2.45) is 0 Å². The summed E-state index contributed by atoms with van der Waals surface area (Å²) in [6, 6.07) is 8.63. The molecule has 0 radical (unpaired) electrons. The topological polar surface area (TPSA) is 57.7 Å². The molecule has 0 spiro atoms. The fourth-order valence-corrected chi connectivity index (χ4v) is 3.79. The zero-order valence-corrected chi connectivity index (χ0v) is 11.3. The van der Waals surface area contributed by atoms with Gasteiger partial charge in [-0.25, -0.2) is 8.42 Å². The molecule has 3 rings (SSSR count). The van der Waals surface area contributed by atoms with Gasteiger partial charge in [0.1, 0.15) is 0 Å². The van der Waals surface area contributed by atoms with Gasteiger partial charge in [0.15, 0.2) is 0 Å². The van der Waals surface area contributed by atoms with Crippen molar-refractivity contribution in [3.05, 3.63) is 30.3 Å². The van der Waals surface area contributed by atoms with E-state index in [1.165, 1.54) is 4.31 Å². The number of nitrogens with zero attached hydrogens (tertiary/aromatic N) is 2. The number of carbonyl (C=O) groups is 1. The normalized spacial score (nSPS) is 21.7. The first kappa shape index (κ1) is 12.6. The van der Waals surface area contributed by atoms with Gasteiger partial charge in [0.2, 0.25) is 15.9 Å². The lowest BCUT2D eigenvalue weighted by Gasteiger charge is -2.33. The average Bonchev–Trinajstić information content (AvgIpc) is 3.24. The van der Waals surface area contributed by atoms with Gasteiger partial charge in [-0.15, -0.1) is 0 Å². The average molecular weight is 280 g/mol. The second-order valence-corrected chi connectivity index (χ2v) is 6.91.